The number of esters is 1. The van der Waals surface area contributed by atoms with Crippen molar-refractivity contribution in [3.63, 3.8) is 0 Å². The molecule has 0 saturated carbocycles. The molecule has 26 heavy (non-hydrogen) atoms. The van der Waals surface area contributed by atoms with Crippen LogP contribution in [0.5, 0.6) is 0 Å². The molecular weight excluding hydrogens is 338 g/mol. The largest absolute Gasteiger partial charge is 0.465 e. The van der Waals surface area contributed by atoms with Crippen molar-refractivity contribution in [3.05, 3.63) is 29.5 Å². The van der Waals surface area contributed by atoms with Crippen molar-refractivity contribution in [2.45, 2.75) is 26.2 Å². The molecule has 1 fully saturated rings. The van der Waals surface area contributed by atoms with Crippen molar-refractivity contribution in [2.75, 3.05) is 25.0 Å². The summed E-state index contributed by atoms with van der Waals surface area (Å²) in [6, 6.07) is 1.89. The number of carboxylic acid groups (broad SMARTS) is 1. The molecule has 3 heterocycles. The van der Waals surface area contributed by atoms with E-state index in [4.69, 9.17) is 9.84 Å². The van der Waals surface area contributed by atoms with E-state index in [9.17, 15) is 14.4 Å². The number of nitrogens with one attached hydrogen (secondary N) is 1. The van der Waals surface area contributed by atoms with Crippen molar-refractivity contribution < 1.29 is 24.2 Å². The van der Waals surface area contributed by atoms with Crippen LogP contribution in [0, 0.1) is 5.41 Å². The van der Waals surface area contributed by atoms with E-state index in [2.05, 4.69) is 10.3 Å². The fourth-order valence-corrected chi connectivity index (χ4v) is 3.44. The Morgan fingerprint density at radius 2 is 2.15 bits per heavy atom. The molecule has 2 N–H and O–H groups in total. The van der Waals surface area contributed by atoms with Gasteiger partial charge in [0.2, 0.25) is 5.91 Å². The van der Waals surface area contributed by atoms with Crippen molar-refractivity contribution in [3.8, 4) is 0 Å². The summed E-state index contributed by atoms with van der Waals surface area (Å²) < 4.78 is 4.85. The fourth-order valence-electron chi connectivity index (χ4n) is 3.44. The molecule has 1 saturated heterocycles. The summed E-state index contributed by atoms with van der Waals surface area (Å²) in [4.78, 5) is 40.7. The van der Waals surface area contributed by atoms with Gasteiger partial charge in [0.1, 0.15) is 5.82 Å². The van der Waals surface area contributed by atoms with Crippen LogP contribution in [0.2, 0.25) is 0 Å². The Hall–Kier alpha value is -2.90. The van der Waals surface area contributed by atoms with Crippen LogP contribution in [0.3, 0.4) is 0 Å². The average molecular weight is 359 g/mol. The number of likely N-dealkylation sites (tertiary alicyclic amines) is 1. The third kappa shape index (κ3) is 3.54. The quantitative estimate of drug-likeness (QED) is 0.630. The molecule has 0 aliphatic carbocycles. The summed E-state index contributed by atoms with van der Waals surface area (Å²) in [7, 11) is 0. The average Bonchev–Trinajstić information content (AvgIpc) is 2.62. The lowest BCUT2D eigenvalue weighted by Crippen LogP contribution is -2.51. The van der Waals surface area contributed by atoms with E-state index in [1.54, 1.807) is 19.2 Å². The van der Waals surface area contributed by atoms with Gasteiger partial charge in [-0.3, -0.25) is 4.79 Å². The van der Waals surface area contributed by atoms with Gasteiger partial charge in [-0.15, -0.1) is 0 Å². The Labute approximate surface area is 150 Å². The van der Waals surface area contributed by atoms with Gasteiger partial charge >= 0.3 is 12.1 Å². The first-order chi connectivity index (χ1) is 12.4. The molecule has 0 radical (unpaired) electrons. The second-order valence-corrected chi connectivity index (χ2v) is 6.54. The highest BCUT2D eigenvalue weighted by atomic mass is 16.5. The third-order valence-corrected chi connectivity index (χ3v) is 4.92. The predicted molar refractivity (Wildman–Crippen MR) is 93.5 cm³/mol. The number of hydrogen-bond donors (Lipinski definition) is 2. The van der Waals surface area contributed by atoms with Gasteiger partial charge in [0, 0.05) is 25.4 Å². The Bertz CT molecular complexity index is 766. The van der Waals surface area contributed by atoms with Crippen molar-refractivity contribution >= 4 is 29.9 Å². The highest BCUT2D eigenvalue weighted by Gasteiger charge is 2.45. The zero-order valence-electron chi connectivity index (χ0n) is 14.5. The summed E-state index contributed by atoms with van der Waals surface area (Å²) >= 11 is 0. The number of carbonyl (C=O) groups excluding carboxylic acids is 2. The first-order valence-electron chi connectivity index (χ1n) is 8.56. The predicted octanol–water partition coefficient (Wildman–Crippen LogP) is 1.91. The smallest absolute Gasteiger partial charge is 0.407 e. The van der Waals surface area contributed by atoms with Crippen LogP contribution < -0.4 is 5.32 Å². The second-order valence-electron chi connectivity index (χ2n) is 6.54. The molecule has 1 aromatic heterocycles. The Kier molecular flexibility index (Phi) is 4.92. The lowest BCUT2D eigenvalue weighted by atomic mass is 9.71. The van der Waals surface area contributed by atoms with Crippen LogP contribution in [0.15, 0.2) is 18.3 Å². The van der Waals surface area contributed by atoms with E-state index in [0.29, 0.717) is 44.8 Å². The van der Waals surface area contributed by atoms with E-state index < -0.39 is 17.5 Å². The minimum Gasteiger partial charge on any atom is -0.465 e. The van der Waals surface area contributed by atoms with E-state index in [0.717, 1.165) is 11.1 Å². The lowest BCUT2D eigenvalue weighted by Gasteiger charge is -2.42. The number of piperidine rings is 1. The van der Waals surface area contributed by atoms with Crippen molar-refractivity contribution in [1.82, 2.24) is 9.88 Å². The van der Waals surface area contributed by atoms with Crippen molar-refractivity contribution in [2.24, 2.45) is 5.41 Å². The summed E-state index contributed by atoms with van der Waals surface area (Å²) in [5.74, 6) is 0.00275. The number of anilines is 1. The van der Waals surface area contributed by atoms with Crippen LogP contribution in [0.25, 0.3) is 6.08 Å². The van der Waals surface area contributed by atoms with Gasteiger partial charge in [-0.2, -0.15) is 0 Å². The number of carbonyl (C=O) groups is 3. The number of hydrogen-bond acceptors (Lipinski definition) is 5. The number of ether oxygens (including phenoxy) is 1. The molecule has 1 aromatic rings. The minimum absolute atomic E-state index is 0.0997. The van der Waals surface area contributed by atoms with Crippen LogP contribution in [0.1, 0.15) is 30.9 Å². The topological polar surface area (TPSA) is 109 Å². The third-order valence-electron chi connectivity index (χ3n) is 4.92. The number of nitrogens with zero attached hydrogens (tertiary/aromatic N) is 2. The van der Waals surface area contributed by atoms with Gasteiger partial charge < -0.3 is 20.1 Å². The van der Waals surface area contributed by atoms with Gasteiger partial charge in [0.05, 0.1) is 12.0 Å². The maximum absolute atomic E-state index is 12.6. The molecule has 0 aromatic carbocycles. The molecule has 1 spiro atoms. The van der Waals surface area contributed by atoms with Crippen LogP contribution in [-0.4, -0.2) is 52.7 Å². The first kappa shape index (κ1) is 17.9. The molecule has 0 unspecified atom stereocenters. The molecule has 2 aliphatic rings. The second kappa shape index (κ2) is 7.15. The maximum atomic E-state index is 12.6. The van der Waals surface area contributed by atoms with Crippen LogP contribution in [-0.2, 0) is 20.7 Å². The zero-order chi connectivity index (χ0) is 18.7. The minimum atomic E-state index is -0.954. The highest BCUT2D eigenvalue weighted by Crippen LogP contribution is 2.41. The molecule has 0 atom stereocenters. The highest BCUT2D eigenvalue weighted by molar-refractivity contribution is 5.98. The van der Waals surface area contributed by atoms with Crippen LogP contribution in [0.4, 0.5) is 10.6 Å². The summed E-state index contributed by atoms with van der Waals surface area (Å²) in [5, 5.41) is 11.9. The zero-order valence-corrected chi connectivity index (χ0v) is 14.5. The van der Waals surface area contributed by atoms with E-state index in [1.807, 2.05) is 6.07 Å². The van der Waals surface area contributed by atoms with Gasteiger partial charge in [-0.1, -0.05) is 0 Å². The Balaban J connectivity index is 1.78. The Morgan fingerprint density at radius 3 is 2.81 bits per heavy atom. The number of fused-ring (bicyclic) bond motifs is 1. The first-order valence-corrected chi connectivity index (χ1v) is 8.56. The van der Waals surface area contributed by atoms with Gasteiger partial charge in [-0.25, -0.2) is 14.6 Å². The maximum Gasteiger partial charge on any atom is 0.407 e. The molecular formula is C18H21N3O5. The molecule has 138 valence electrons. The number of pyridine rings is 1. The molecule has 2 aliphatic heterocycles. The normalized spacial score (nSPS) is 18.5. The number of rotatable bonds is 3. The summed E-state index contributed by atoms with van der Waals surface area (Å²) in [6.07, 6.45) is 5.07. The van der Waals surface area contributed by atoms with E-state index in [-0.39, 0.29) is 5.91 Å². The summed E-state index contributed by atoms with van der Waals surface area (Å²) in [5.41, 5.74) is 1.02. The van der Waals surface area contributed by atoms with Gasteiger partial charge in [0.15, 0.2) is 0 Å². The van der Waals surface area contributed by atoms with Crippen LogP contribution >= 0.6 is 0 Å². The SMILES string of the molecule is CCOC(=O)C=Cc1cnc2c(c1)CC1(CCN(C(=O)O)CC1)C(=O)N2. The molecule has 0 bridgehead atoms. The molecule has 2 amide bonds. The number of aromatic nitrogens is 1. The summed E-state index contributed by atoms with van der Waals surface area (Å²) in [6.45, 7) is 2.74. The lowest BCUT2D eigenvalue weighted by molar-refractivity contribution is -0.137. The van der Waals surface area contributed by atoms with Crippen molar-refractivity contribution in [1.29, 1.82) is 0 Å². The number of amides is 2. The molecule has 8 heteroatoms. The van der Waals surface area contributed by atoms with E-state index >= 15 is 0 Å². The van der Waals surface area contributed by atoms with E-state index in [1.165, 1.54) is 11.0 Å². The standard InChI is InChI=1S/C18H21N3O5/c1-2-26-14(22)4-3-12-9-13-10-18(16(23)20-15(13)19-11-12)5-7-21(8-6-18)17(24)25/h3-4,9,11H,2,5-8,10H2,1H3,(H,24,25)(H,19,20,23). The fraction of sp³-hybridized carbons (Fsp3) is 0.444. The van der Waals surface area contributed by atoms with Gasteiger partial charge in [-0.05, 0) is 49.5 Å². The molecule has 8 nitrogen and oxygen atoms in total. The Morgan fingerprint density at radius 1 is 1.42 bits per heavy atom. The monoisotopic (exact) mass is 359 g/mol. The van der Waals surface area contributed by atoms with Gasteiger partial charge in [0.25, 0.3) is 0 Å². The molecule has 3 rings (SSSR count).